The predicted octanol–water partition coefficient (Wildman–Crippen LogP) is 5.01. The van der Waals surface area contributed by atoms with Gasteiger partial charge in [-0.05, 0) is 58.6 Å². The molecule has 182 valence electrons. The van der Waals surface area contributed by atoms with Crippen molar-refractivity contribution in [2.24, 2.45) is 5.92 Å². The Morgan fingerprint density at radius 3 is 2.76 bits per heavy atom. The normalized spacial score (nSPS) is 17.8. The van der Waals surface area contributed by atoms with Crippen molar-refractivity contribution in [2.45, 2.75) is 71.4 Å². The van der Waals surface area contributed by atoms with Gasteiger partial charge in [-0.1, -0.05) is 25.2 Å². The Hall–Kier alpha value is -3.41. The van der Waals surface area contributed by atoms with Crippen molar-refractivity contribution in [3.05, 3.63) is 36.0 Å². The van der Waals surface area contributed by atoms with Gasteiger partial charge in [-0.3, -0.25) is 0 Å². The number of hydrogen-bond donors (Lipinski definition) is 3. The molecule has 0 saturated heterocycles. The molecule has 1 amide bonds. The van der Waals surface area contributed by atoms with Gasteiger partial charge in [0.25, 0.3) is 0 Å². The van der Waals surface area contributed by atoms with E-state index < -0.39 is 11.5 Å². The highest BCUT2D eigenvalue weighted by molar-refractivity contribution is 5.68. The van der Waals surface area contributed by atoms with E-state index in [4.69, 9.17) is 4.74 Å². The minimum Gasteiger partial charge on any atom is -0.444 e. The van der Waals surface area contributed by atoms with Crippen LogP contribution in [-0.2, 0) is 4.74 Å². The molecular weight excluding hydrogens is 435 g/mol. The molecule has 8 nitrogen and oxygen atoms in total. The third-order valence-electron chi connectivity index (χ3n) is 5.12. The first kappa shape index (κ1) is 25.2. The van der Waals surface area contributed by atoms with Gasteiger partial charge in [0, 0.05) is 18.5 Å². The zero-order valence-electron chi connectivity index (χ0n) is 20.2. The van der Waals surface area contributed by atoms with Crippen LogP contribution in [0.4, 0.5) is 26.6 Å². The van der Waals surface area contributed by atoms with Gasteiger partial charge < -0.3 is 20.7 Å². The van der Waals surface area contributed by atoms with Gasteiger partial charge in [-0.25, -0.2) is 14.8 Å². The molecule has 0 radical (unpaired) electrons. The van der Waals surface area contributed by atoms with E-state index in [0.717, 1.165) is 38.6 Å². The number of anilines is 3. The summed E-state index contributed by atoms with van der Waals surface area (Å²) in [5.74, 6) is 7.21. The number of carbonyl (C=O) groups is 1. The highest BCUT2D eigenvalue weighted by Crippen LogP contribution is 2.25. The highest BCUT2D eigenvalue weighted by atomic mass is 19.1. The Morgan fingerprint density at radius 1 is 1.24 bits per heavy atom. The average Bonchev–Trinajstić information content (AvgIpc) is 2.77. The summed E-state index contributed by atoms with van der Waals surface area (Å²) in [5.41, 5.74) is 0.777. The lowest BCUT2D eigenvalue weighted by Crippen LogP contribution is -2.41. The van der Waals surface area contributed by atoms with Crippen LogP contribution < -0.4 is 16.0 Å². The van der Waals surface area contributed by atoms with Gasteiger partial charge in [0.15, 0.2) is 0 Å². The molecular formula is C25H33FN6O2. The second kappa shape index (κ2) is 11.6. The molecule has 2 aromatic rings. The molecule has 9 heteroatoms. The smallest absolute Gasteiger partial charge is 0.407 e. The number of halogens is 1. The van der Waals surface area contributed by atoms with Crippen LogP contribution in [0.25, 0.3) is 0 Å². The minimum absolute atomic E-state index is 0.0488. The number of pyridine rings is 1. The Labute approximate surface area is 200 Å². The fourth-order valence-corrected chi connectivity index (χ4v) is 3.60. The molecule has 1 unspecified atom stereocenters. The SMILES string of the molecule is CCCNc1nc(Nc2ccc(F)nc2)ncc1C#CC1CCC[C@H](NC(=O)OC(C)(C)C)C1. The number of alkyl carbamates (subject to hydrolysis) is 1. The van der Waals surface area contributed by atoms with Crippen LogP contribution in [0.1, 0.15) is 65.4 Å². The van der Waals surface area contributed by atoms with Crippen LogP contribution in [-0.4, -0.2) is 39.2 Å². The first-order chi connectivity index (χ1) is 16.2. The first-order valence-corrected chi connectivity index (χ1v) is 11.7. The number of rotatable bonds is 6. The lowest BCUT2D eigenvalue weighted by molar-refractivity contribution is 0.0489. The largest absolute Gasteiger partial charge is 0.444 e. The van der Waals surface area contributed by atoms with Crippen LogP contribution in [0.2, 0.25) is 0 Å². The summed E-state index contributed by atoms with van der Waals surface area (Å²) in [6, 6.07) is 2.89. The number of hydrogen-bond acceptors (Lipinski definition) is 7. The summed E-state index contributed by atoms with van der Waals surface area (Å²) in [5, 5.41) is 9.30. The zero-order valence-corrected chi connectivity index (χ0v) is 20.2. The third kappa shape index (κ3) is 8.18. The summed E-state index contributed by atoms with van der Waals surface area (Å²) in [4.78, 5) is 24.7. The van der Waals surface area contributed by atoms with Crippen molar-refractivity contribution in [3.8, 4) is 11.8 Å². The molecule has 3 rings (SSSR count). The van der Waals surface area contributed by atoms with Gasteiger partial charge in [-0.15, -0.1) is 0 Å². The molecule has 1 saturated carbocycles. The molecule has 1 aliphatic rings. The quantitative estimate of drug-likeness (QED) is 0.405. The van der Waals surface area contributed by atoms with E-state index in [9.17, 15) is 9.18 Å². The Balaban J connectivity index is 1.68. The number of carbonyl (C=O) groups excluding carboxylic acids is 1. The van der Waals surface area contributed by atoms with Crippen LogP contribution in [0.5, 0.6) is 0 Å². The number of aromatic nitrogens is 3. The summed E-state index contributed by atoms with van der Waals surface area (Å²) < 4.78 is 18.4. The van der Waals surface area contributed by atoms with Crippen molar-refractivity contribution in [1.29, 1.82) is 0 Å². The zero-order chi connectivity index (χ0) is 24.6. The van der Waals surface area contributed by atoms with Crippen molar-refractivity contribution in [2.75, 3.05) is 17.2 Å². The van der Waals surface area contributed by atoms with Gasteiger partial charge in [0.1, 0.15) is 11.4 Å². The van der Waals surface area contributed by atoms with E-state index in [1.807, 2.05) is 20.8 Å². The second-order valence-electron chi connectivity index (χ2n) is 9.35. The first-order valence-electron chi connectivity index (χ1n) is 11.7. The molecule has 0 aromatic carbocycles. The van der Waals surface area contributed by atoms with E-state index in [1.165, 1.54) is 12.3 Å². The topological polar surface area (TPSA) is 101 Å². The Kier molecular flexibility index (Phi) is 8.63. The summed E-state index contributed by atoms with van der Waals surface area (Å²) in [6.45, 7) is 8.37. The minimum atomic E-state index is -0.548. The van der Waals surface area contributed by atoms with Crippen molar-refractivity contribution in [3.63, 3.8) is 0 Å². The van der Waals surface area contributed by atoms with Crippen LogP contribution in [0.3, 0.4) is 0 Å². The van der Waals surface area contributed by atoms with Crippen LogP contribution in [0.15, 0.2) is 24.5 Å². The van der Waals surface area contributed by atoms with Crippen molar-refractivity contribution >= 4 is 23.5 Å². The summed E-state index contributed by atoms with van der Waals surface area (Å²) in [7, 11) is 0. The molecule has 2 heterocycles. The Morgan fingerprint density at radius 2 is 2.06 bits per heavy atom. The fraction of sp³-hybridized carbons (Fsp3) is 0.520. The molecule has 1 fully saturated rings. The van der Waals surface area contributed by atoms with E-state index >= 15 is 0 Å². The van der Waals surface area contributed by atoms with E-state index in [1.54, 1.807) is 12.3 Å². The van der Waals surface area contributed by atoms with Crippen molar-refractivity contribution in [1.82, 2.24) is 20.3 Å². The number of nitrogens with zero attached hydrogens (tertiary/aromatic N) is 3. The number of ether oxygens (including phenoxy) is 1. The summed E-state index contributed by atoms with van der Waals surface area (Å²) >= 11 is 0. The predicted molar refractivity (Wildman–Crippen MR) is 130 cm³/mol. The monoisotopic (exact) mass is 468 g/mol. The molecule has 0 bridgehead atoms. The molecule has 2 atom stereocenters. The maximum absolute atomic E-state index is 13.0. The molecule has 0 spiro atoms. The van der Waals surface area contributed by atoms with Crippen LogP contribution in [0, 0.1) is 23.7 Å². The number of amides is 1. The molecule has 3 N–H and O–H groups in total. The van der Waals surface area contributed by atoms with Crippen LogP contribution >= 0.6 is 0 Å². The second-order valence-corrected chi connectivity index (χ2v) is 9.35. The maximum Gasteiger partial charge on any atom is 0.407 e. The maximum atomic E-state index is 13.0. The third-order valence-corrected chi connectivity index (χ3v) is 5.12. The Bertz CT molecular complexity index is 1030. The standard InChI is InChI=1S/C25H33FN6O2/c1-5-13-27-22-18(15-29-23(32-22)30-20-11-12-21(26)28-16-20)10-9-17-7-6-8-19(14-17)31-24(33)34-25(2,3)4/h11-12,15-17,19H,5-8,13-14H2,1-4H3,(H,31,33)(H2,27,29,30,32)/t17?,19-/m0/s1. The average molecular weight is 469 g/mol. The molecule has 1 aliphatic carbocycles. The van der Waals surface area contributed by atoms with Gasteiger partial charge in [0.2, 0.25) is 11.9 Å². The number of nitrogens with one attached hydrogen (secondary N) is 3. The lowest BCUT2D eigenvalue weighted by Gasteiger charge is -2.28. The van der Waals surface area contributed by atoms with E-state index in [2.05, 4.69) is 49.7 Å². The molecule has 2 aromatic heterocycles. The highest BCUT2D eigenvalue weighted by Gasteiger charge is 2.24. The summed E-state index contributed by atoms with van der Waals surface area (Å²) in [6.07, 6.45) is 7.28. The fourth-order valence-electron chi connectivity index (χ4n) is 3.60. The lowest BCUT2D eigenvalue weighted by atomic mass is 9.86. The van der Waals surface area contributed by atoms with Gasteiger partial charge in [-0.2, -0.15) is 9.37 Å². The van der Waals surface area contributed by atoms with Gasteiger partial charge >= 0.3 is 6.09 Å². The molecule has 0 aliphatic heterocycles. The van der Waals surface area contributed by atoms with E-state index in [0.29, 0.717) is 23.0 Å². The van der Waals surface area contributed by atoms with Gasteiger partial charge in [0.05, 0.1) is 23.6 Å². The van der Waals surface area contributed by atoms with Crippen molar-refractivity contribution < 1.29 is 13.9 Å². The van der Waals surface area contributed by atoms with E-state index in [-0.39, 0.29) is 18.1 Å². The molecule has 34 heavy (non-hydrogen) atoms.